The monoisotopic (exact) mass is 1130 g/mol. The van der Waals surface area contributed by atoms with Gasteiger partial charge in [-0.25, -0.2) is 10.4 Å². The number of nitrogens with zero attached hydrogens (tertiary/aromatic N) is 7. The van der Waals surface area contributed by atoms with Gasteiger partial charge in [0.1, 0.15) is 12.1 Å². The van der Waals surface area contributed by atoms with E-state index >= 15 is 9.59 Å². The first kappa shape index (κ1) is 55.3. The lowest BCUT2D eigenvalue weighted by Gasteiger charge is -2.45. The zero-order chi connectivity index (χ0) is 55.6. The number of fused-ring (bicyclic) bond motifs is 6. The fourth-order valence-corrected chi connectivity index (χ4v) is 16.6. The third-order valence-electron chi connectivity index (χ3n) is 18.7. The minimum atomic E-state index is -1.40. The number of carbonyl (C=O) groups excluding carboxylic acids is 4. The van der Waals surface area contributed by atoms with Crippen molar-refractivity contribution in [3.05, 3.63) is 88.0 Å². The molecule has 6 fully saturated rings. The van der Waals surface area contributed by atoms with E-state index in [0.717, 1.165) is 124 Å². The lowest BCUT2D eigenvalue weighted by atomic mass is 9.78. The van der Waals surface area contributed by atoms with E-state index in [9.17, 15) is 14.1 Å². The third kappa shape index (κ3) is 10.9. The molecule has 5 aromatic rings. The van der Waals surface area contributed by atoms with Crippen molar-refractivity contribution in [2.75, 3.05) is 46.4 Å². The van der Waals surface area contributed by atoms with E-state index in [2.05, 4.69) is 70.6 Å². The first-order valence-corrected chi connectivity index (χ1v) is 31.5. The van der Waals surface area contributed by atoms with Gasteiger partial charge in [0.15, 0.2) is 10.9 Å². The van der Waals surface area contributed by atoms with Crippen LogP contribution in [0.4, 0.5) is 0 Å². The van der Waals surface area contributed by atoms with Gasteiger partial charge in [0.2, 0.25) is 11.8 Å². The number of pyridine rings is 1. The first-order chi connectivity index (χ1) is 38.6. The molecule has 7 aliphatic rings. The van der Waals surface area contributed by atoms with Gasteiger partial charge in [0, 0.05) is 90.7 Å². The highest BCUT2D eigenvalue weighted by molar-refractivity contribution is 7.89. The van der Waals surface area contributed by atoms with E-state index in [1.54, 1.807) is 7.11 Å². The lowest BCUT2D eigenvalue weighted by molar-refractivity contribution is -0.155. The van der Waals surface area contributed by atoms with Crippen molar-refractivity contribution in [2.24, 2.45) is 22.7 Å². The highest BCUT2D eigenvalue weighted by Crippen LogP contribution is 2.52. The Morgan fingerprint density at radius 3 is 2.55 bits per heavy atom. The second-order valence-electron chi connectivity index (χ2n) is 25.0. The second kappa shape index (κ2) is 22.5. The molecule has 1 spiro atoms. The van der Waals surface area contributed by atoms with Crippen LogP contribution in [0.3, 0.4) is 0 Å². The van der Waals surface area contributed by atoms with Crippen LogP contribution in [0.5, 0.6) is 0 Å². The van der Waals surface area contributed by atoms with Crippen molar-refractivity contribution in [2.45, 2.75) is 166 Å². The van der Waals surface area contributed by atoms with Gasteiger partial charge in [0.25, 0.3) is 5.91 Å². The summed E-state index contributed by atoms with van der Waals surface area (Å²) in [6.07, 6.45) is 12.2. The van der Waals surface area contributed by atoms with Crippen LogP contribution in [0, 0.1) is 29.6 Å². The van der Waals surface area contributed by atoms with Gasteiger partial charge in [-0.15, -0.1) is 15.6 Å². The Bertz CT molecular complexity index is 3140. The largest absolute Gasteiger partial charge is 0.593 e. The maximum absolute atomic E-state index is 15.4. The molecule has 3 aromatic heterocycles. The van der Waals surface area contributed by atoms with E-state index in [1.807, 2.05) is 59.6 Å². The highest BCUT2D eigenvalue weighted by atomic mass is 32.2. The smallest absolute Gasteiger partial charge is 0.324 e. The number of cyclic esters (lactones) is 1. The molecular formula is C62H79N9O7S2. The molecule has 18 heteroatoms. The Balaban J connectivity index is 0.827. The molecule has 426 valence electrons. The average molecular weight is 1130 g/mol. The predicted molar refractivity (Wildman–Crippen MR) is 309 cm³/mol. The number of esters is 1. The summed E-state index contributed by atoms with van der Waals surface area (Å²) >= 11 is 0.0841. The third-order valence-corrected chi connectivity index (χ3v) is 21.1. The van der Waals surface area contributed by atoms with Gasteiger partial charge in [-0.3, -0.25) is 34.1 Å². The number of piperidine rings is 1. The van der Waals surface area contributed by atoms with E-state index in [-0.39, 0.29) is 60.3 Å². The van der Waals surface area contributed by atoms with Crippen molar-refractivity contribution in [1.82, 2.24) is 44.4 Å². The molecule has 4 saturated heterocycles. The number of carbonyl (C=O) groups is 4. The molecule has 80 heavy (non-hydrogen) atoms. The Hall–Kier alpha value is -5.21. The average Bonchev–Trinajstić information content (AvgIpc) is 4.40. The Morgan fingerprint density at radius 2 is 1.79 bits per heavy atom. The standard InChI is InChI=1S/C62H79N9O7S2/c1-7-69-50-24-21-42-31-45(50)46(55(69)44-15-10-27-63-52(44)39(3)77-6)33-61(4,5)37-78-60(75)47-16-11-29-70(66-47)58(73)48(32-51-64-49(42)34-79-51)65-57(72)54(40-13-8-9-14-40)67-28-12-25-62(35-67)26-30-68(36-62)59(74)56-53(41-19-20-41)71(56)80(76)43-22-17-38(2)18-23-43/h10,15,17-18,21-24,27,31,34,39-41,47-48,53-54,56,66H,7-9,11-14,16,19-20,25-26,28-30,32-33,35-37H2,1-6H3,(H,65,72)/t39-,47-,48-,53+,54-,56+,62+,71?,80+/m0/s1. The van der Waals surface area contributed by atoms with E-state index in [4.69, 9.17) is 19.4 Å². The number of benzene rings is 2. The fourth-order valence-electron chi connectivity index (χ4n) is 14.3. The number of hydrogen-bond donors (Lipinski definition) is 2. The number of aromatic nitrogens is 3. The van der Waals surface area contributed by atoms with Crippen LogP contribution in [0.25, 0.3) is 33.4 Å². The molecule has 2 N–H and O–H groups in total. The number of methoxy groups -OCH3 is 1. The van der Waals surface area contributed by atoms with Crippen LogP contribution in [0.15, 0.2) is 71.1 Å². The van der Waals surface area contributed by atoms with Crippen LogP contribution >= 0.6 is 11.3 Å². The van der Waals surface area contributed by atoms with Crippen molar-refractivity contribution < 1.29 is 33.2 Å². The second-order valence-corrected chi connectivity index (χ2v) is 27.4. The number of ether oxygens (including phenoxy) is 2. The minimum absolute atomic E-state index is 0.0107. The highest BCUT2D eigenvalue weighted by Gasteiger charge is 2.67. The van der Waals surface area contributed by atoms with Crippen LogP contribution in [0.1, 0.15) is 126 Å². The molecule has 16 nitrogen and oxygen atoms in total. The summed E-state index contributed by atoms with van der Waals surface area (Å²) in [6, 6.07) is 15.9. The summed E-state index contributed by atoms with van der Waals surface area (Å²) in [4.78, 5) is 74.5. The van der Waals surface area contributed by atoms with Gasteiger partial charge < -0.3 is 28.8 Å². The molecule has 2 aromatic carbocycles. The van der Waals surface area contributed by atoms with E-state index in [0.29, 0.717) is 57.9 Å². The van der Waals surface area contributed by atoms with Crippen LogP contribution in [-0.2, 0) is 59.4 Å². The zero-order valence-corrected chi connectivity index (χ0v) is 49.0. The quantitative estimate of drug-likeness (QED) is 0.0693. The molecule has 0 radical (unpaired) electrons. The summed E-state index contributed by atoms with van der Waals surface area (Å²) < 4.78 is 30.4. The predicted octanol–water partition coefficient (Wildman–Crippen LogP) is 8.57. The van der Waals surface area contributed by atoms with Gasteiger partial charge in [-0.05, 0) is 145 Å². The molecule has 1 unspecified atom stereocenters. The van der Waals surface area contributed by atoms with E-state index in [1.165, 1.54) is 16.3 Å². The lowest BCUT2D eigenvalue weighted by Crippen LogP contribution is -2.63. The van der Waals surface area contributed by atoms with Crippen molar-refractivity contribution >= 4 is 57.3 Å². The molecule has 8 heterocycles. The molecule has 9 atom stereocenters. The molecule has 5 aliphatic heterocycles. The number of hydrogen-bond acceptors (Lipinski definition) is 13. The Kier molecular flexibility index (Phi) is 15.6. The number of likely N-dealkylation sites (tertiary alicyclic amines) is 2. The minimum Gasteiger partial charge on any atom is -0.593 e. The Morgan fingerprint density at radius 1 is 0.988 bits per heavy atom. The fraction of sp³-hybridized carbons (Fsp3) is 0.581. The van der Waals surface area contributed by atoms with Gasteiger partial charge in [-0.1, -0.05) is 50.5 Å². The zero-order valence-electron chi connectivity index (χ0n) is 47.4. The Labute approximate surface area is 478 Å². The van der Waals surface area contributed by atoms with Crippen molar-refractivity contribution in [3.63, 3.8) is 0 Å². The number of hydrazine groups is 1. The molecule has 12 rings (SSSR count). The van der Waals surface area contributed by atoms with Crippen LogP contribution < -0.4 is 10.7 Å². The van der Waals surface area contributed by atoms with E-state index < -0.39 is 40.9 Å². The summed E-state index contributed by atoms with van der Waals surface area (Å²) in [5.41, 5.74) is 10.6. The maximum Gasteiger partial charge on any atom is 0.324 e. The van der Waals surface area contributed by atoms with Crippen molar-refractivity contribution in [3.8, 4) is 22.5 Å². The molecule has 2 aliphatic carbocycles. The number of amides is 3. The van der Waals surface area contributed by atoms with Crippen LogP contribution in [-0.4, -0.2) is 139 Å². The molecule has 6 bridgehead atoms. The van der Waals surface area contributed by atoms with Crippen LogP contribution in [0.2, 0.25) is 0 Å². The topological polar surface area (TPSA) is 177 Å². The summed E-state index contributed by atoms with van der Waals surface area (Å²) in [5, 5.41) is 8.75. The van der Waals surface area contributed by atoms with Gasteiger partial charge >= 0.3 is 5.97 Å². The first-order valence-electron chi connectivity index (χ1n) is 29.6. The number of nitrogens with one attached hydrogen (secondary N) is 2. The SMILES string of the molecule is CCn1c(-c2cccnc2[C@H](C)OC)c2c3cc(ccc31)-c1csc(n1)C[C@H](NC(=O)[C@H](C1CCCC1)N1CCC[C@@]3(CCN(C(=O)[C@H]4[C@@H](C5CC5)N4[S@+]([O-])c4ccc(C)cc4)C3)C1)C(=O)N1CCC[C@H](N1)C(=O)OCC(C)(C)C2. The molecule has 2 saturated carbocycles. The summed E-state index contributed by atoms with van der Waals surface area (Å²) in [7, 11) is 1.70. The van der Waals surface area contributed by atoms with Crippen molar-refractivity contribution in [1.29, 1.82) is 0 Å². The number of rotatable bonds is 12. The number of thiazole rings is 1. The van der Waals surface area contributed by atoms with Gasteiger partial charge in [0.05, 0.1) is 58.2 Å². The summed E-state index contributed by atoms with van der Waals surface area (Å²) in [6.45, 7) is 14.4. The summed E-state index contributed by atoms with van der Waals surface area (Å²) in [5.74, 6) is -0.259. The molecule has 3 amide bonds. The maximum atomic E-state index is 15.4. The number of aryl methyl sites for hydroxylation is 2. The normalized spacial score (nSPS) is 27.7. The van der Waals surface area contributed by atoms with Gasteiger partial charge in [-0.2, -0.15) is 0 Å². The molecular weight excluding hydrogens is 1050 g/mol.